The molecule has 2 aliphatic rings. The van der Waals surface area contributed by atoms with Gasteiger partial charge in [0, 0.05) is 19.1 Å². The summed E-state index contributed by atoms with van der Waals surface area (Å²) in [5.41, 5.74) is 5.97. The highest BCUT2D eigenvalue weighted by Crippen LogP contribution is 2.47. The number of hydrogen-bond donors (Lipinski definition) is 2. The standard InChI is InChI=1S/C12H23N3O2/c1-12(7-9-3-4-10(12)17-9)8-15-11(13)14-5-6-16-2/h9-10H,3-8H2,1-2H3,(H3,13,14,15). The lowest BCUT2D eigenvalue weighted by molar-refractivity contribution is 0.0706. The molecular weight excluding hydrogens is 218 g/mol. The van der Waals surface area contributed by atoms with E-state index in [1.54, 1.807) is 7.11 Å². The zero-order valence-electron chi connectivity index (χ0n) is 10.7. The lowest BCUT2D eigenvalue weighted by Gasteiger charge is -2.29. The van der Waals surface area contributed by atoms with Gasteiger partial charge in [0.2, 0.25) is 0 Å². The van der Waals surface area contributed by atoms with Crippen LogP contribution < -0.4 is 11.1 Å². The summed E-state index contributed by atoms with van der Waals surface area (Å²) < 4.78 is 10.8. The number of aliphatic imine (C=N–C) groups is 1. The number of methoxy groups -OCH3 is 1. The summed E-state index contributed by atoms with van der Waals surface area (Å²) in [6.07, 6.45) is 4.34. The highest BCUT2D eigenvalue weighted by Gasteiger charge is 2.49. The van der Waals surface area contributed by atoms with Gasteiger partial charge in [-0.15, -0.1) is 0 Å². The molecule has 3 atom stereocenters. The Balaban J connectivity index is 1.78. The van der Waals surface area contributed by atoms with Crippen LogP contribution in [0.2, 0.25) is 0 Å². The third-order valence-electron chi connectivity index (χ3n) is 3.80. The monoisotopic (exact) mass is 241 g/mol. The molecule has 0 amide bonds. The van der Waals surface area contributed by atoms with E-state index in [0.29, 0.717) is 31.3 Å². The van der Waals surface area contributed by atoms with Crippen molar-refractivity contribution in [1.82, 2.24) is 5.32 Å². The Hall–Kier alpha value is -0.810. The van der Waals surface area contributed by atoms with E-state index in [4.69, 9.17) is 15.2 Å². The van der Waals surface area contributed by atoms with E-state index in [2.05, 4.69) is 17.2 Å². The second-order valence-corrected chi connectivity index (χ2v) is 5.30. The maximum atomic E-state index is 5.87. The van der Waals surface area contributed by atoms with Crippen molar-refractivity contribution in [3.63, 3.8) is 0 Å². The molecule has 0 aromatic heterocycles. The molecule has 0 spiro atoms. The molecule has 2 rings (SSSR count). The average molecular weight is 241 g/mol. The minimum atomic E-state index is 0.177. The summed E-state index contributed by atoms with van der Waals surface area (Å²) in [6, 6.07) is 0. The van der Waals surface area contributed by atoms with Gasteiger partial charge in [0.15, 0.2) is 5.96 Å². The third-order valence-corrected chi connectivity index (χ3v) is 3.80. The second-order valence-electron chi connectivity index (χ2n) is 5.30. The Bertz CT molecular complexity index is 295. The Morgan fingerprint density at radius 3 is 3.00 bits per heavy atom. The summed E-state index contributed by atoms with van der Waals surface area (Å²) in [5, 5.41) is 3.03. The first-order valence-electron chi connectivity index (χ1n) is 6.32. The Labute approximate surface area is 103 Å². The number of nitrogens with one attached hydrogen (secondary N) is 1. The summed E-state index contributed by atoms with van der Waals surface area (Å²) in [7, 11) is 1.67. The Kier molecular flexibility index (Phi) is 3.89. The maximum Gasteiger partial charge on any atom is 0.188 e. The molecule has 98 valence electrons. The topological polar surface area (TPSA) is 68.9 Å². The quantitative estimate of drug-likeness (QED) is 0.418. The van der Waals surface area contributed by atoms with Crippen LogP contribution in [0.5, 0.6) is 0 Å². The fourth-order valence-corrected chi connectivity index (χ4v) is 2.79. The van der Waals surface area contributed by atoms with Crippen LogP contribution in [0.1, 0.15) is 26.2 Å². The predicted octanol–water partition coefficient (Wildman–Crippen LogP) is 0.495. The fourth-order valence-electron chi connectivity index (χ4n) is 2.79. The summed E-state index contributed by atoms with van der Waals surface area (Å²) in [6.45, 7) is 4.34. The van der Waals surface area contributed by atoms with Crippen LogP contribution in [0.3, 0.4) is 0 Å². The lowest BCUT2D eigenvalue weighted by Crippen LogP contribution is -2.37. The van der Waals surface area contributed by atoms with Gasteiger partial charge in [0.05, 0.1) is 25.4 Å². The minimum absolute atomic E-state index is 0.177. The number of guanidine groups is 1. The molecule has 2 saturated heterocycles. The first-order valence-corrected chi connectivity index (χ1v) is 6.32. The Morgan fingerprint density at radius 1 is 1.59 bits per heavy atom. The fraction of sp³-hybridized carbons (Fsp3) is 0.917. The van der Waals surface area contributed by atoms with Crippen molar-refractivity contribution >= 4 is 5.96 Å². The lowest BCUT2D eigenvalue weighted by atomic mass is 9.76. The average Bonchev–Trinajstić information content (AvgIpc) is 2.87. The van der Waals surface area contributed by atoms with Crippen LogP contribution in [-0.4, -0.2) is 45.0 Å². The van der Waals surface area contributed by atoms with E-state index in [9.17, 15) is 0 Å². The van der Waals surface area contributed by atoms with E-state index in [-0.39, 0.29) is 5.41 Å². The van der Waals surface area contributed by atoms with Crippen molar-refractivity contribution in [2.45, 2.75) is 38.4 Å². The van der Waals surface area contributed by atoms with E-state index in [1.165, 1.54) is 12.8 Å². The molecule has 0 radical (unpaired) electrons. The molecule has 3 N–H and O–H groups in total. The van der Waals surface area contributed by atoms with Gasteiger partial charge < -0.3 is 20.5 Å². The minimum Gasteiger partial charge on any atom is -0.383 e. The van der Waals surface area contributed by atoms with Crippen molar-refractivity contribution in [3.05, 3.63) is 0 Å². The van der Waals surface area contributed by atoms with Crippen molar-refractivity contribution in [2.24, 2.45) is 16.1 Å². The van der Waals surface area contributed by atoms with E-state index < -0.39 is 0 Å². The van der Waals surface area contributed by atoms with Crippen LogP contribution >= 0.6 is 0 Å². The van der Waals surface area contributed by atoms with Gasteiger partial charge in [-0.1, -0.05) is 6.92 Å². The van der Waals surface area contributed by atoms with Gasteiger partial charge >= 0.3 is 0 Å². The Morgan fingerprint density at radius 2 is 2.41 bits per heavy atom. The SMILES string of the molecule is COCCNC(N)=NCC1(C)CC2CCC1O2. The molecule has 2 fully saturated rings. The zero-order chi connectivity index (χ0) is 12.3. The molecule has 3 unspecified atom stereocenters. The first-order chi connectivity index (χ1) is 8.14. The summed E-state index contributed by atoms with van der Waals surface area (Å²) in [4.78, 5) is 4.42. The van der Waals surface area contributed by atoms with Gasteiger partial charge in [0.25, 0.3) is 0 Å². The molecule has 2 bridgehead atoms. The molecule has 17 heavy (non-hydrogen) atoms. The molecule has 5 nitrogen and oxygen atoms in total. The van der Waals surface area contributed by atoms with Crippen LogP contribution in [0.4, 0.5) is 0 Å². The summed E-state index contributed by atoms with van der Waals surface area (Å²) in [5.74, 6) is 0.506. The van der Waals surface area contributed by atoms with Crippen LogP contribution in [0.15, 0.2) is 4.99 Å². The normalized spacial score (nSPS) is 36.5. The van der Waals surface area contributed by atoms with E-state index in [1.807, 2.05) is 0 Å². The predicted molar refractivity (Wildman–Crippen MR) is 67.0 cm³/mol. The van der Waals surface area contributed by atoms with Crippen LogP contribution in [0.25, 0.3) is 0 Å². The van der Waals surface area contributed by atoms with Gasteiger partial charge in [-0.25, -0.2) is 0 Å². The van der Waals surface area contributed by atoms with Crippen LogP contribution in [0, 0.1) is 5.41 Å². The first kappa shape index (κ1) is 12.6. The molecule has 5 heteroatoms. The number of fused-ring (bicyclic) bond motifs is 2. The highest BCUT2D eigenvalue weighted by atomic mass is 16.5. The van der Waals surface area contributed by atoms with Crippen LogP contribution in [-0.2, 0) is 9.47 Å². The van der Waals surface area contributed by atoms with Gasteiger partial charge in [-0.3, -0.25) is 4.99 Å². The van der Waals surface area contributed by atoms with Gasteiger partial charge in [-0.2, -0.15) is 0 Å². The largest absolute Gasteiger partial charge is 0.383 e. The van der Waals surface area contributed by atoms with E-state index >= 15 is 0 Å². The molecule has 2 heterocycles. The van der Waals surface area contributed by atoms with Crippen molar-refractivity contribution in [3.8, 4) is 0 Å². The van der Waals surface area contributed by atoms with Crippen molar-refractivity contribution < 1.29 is 9.47 Å². The molecular formula is C12H23N3O2. The highest BCUT2D eigenvalue weighted by molar-refractivity contribution is 5.77. The third kappa shape index (κ3) is 2.90. The summed E-state index contributed by atoms with van der Waals surface area (Å²) >= 11 is 0. The number of hydrogen-bond acceptors (Lipinski definition) is 3. The smallest absolute Gasteiger partial charge is 0.188 e. The van der Waals surface area contributed by atoms with E-state index in [0.717, 1.165) is 13.0 Å². The molecule has 0 aliphatic carbocycles. The van der Waals surface area contributed by atoms with Gasteiger partial charge in [0.1, 0.15) is 0 Å². The van der Waals surface area contributed by atoms with Gasteiger partial charge in [-0.05, 0) is 19.3 Å². The maximum absolute atomic E-state index is 5.87. The second kappa shape index (κ2) is 5.23. The zero-order valence-corrected chi connectivity index (χ0v) is 10.7. The van der Waals surface area contributed by atoms with Crippen molar-refractivity contribution in [1.29, 1.82) is 0 Å². The molecule has 0 aromatic rings. The number of ether oxygens (including phenoxy) is 2. The molecule has 0 saturated carbocycles. The molecule has 0 aromatic carbocycles. The number of nitrogens with two attached hydrogens (primary N) is 1. The number of rotatable bonds is 5. The number of nitrogens with zero attached hydrogens (tertiary/aromatic N) is 1. The van der Waals surface area contributed by atoms with Crippen molar-refractivity contribution in [2.75, 3.05) is 26.8 Å². The molecule has 2 aliphatic heterocycles.